The van der Waals surface area contributed by atoms with E-state index in [9.17, 15) is 4.79 Å². The summed E-state index contributed by atoms with van der Waals surface area (Å²) in [5.41, 5.74) is -0.401. The van der Waals surface area contributed by atoms with Gasteiger partial charge in [-0.1, -0.05) is 0 Å². The first-order valence-corrected chi connectivity index (χ1v) is 7.14. The van der Waals surface area contributed by atoms with E-state index in [1.165, 1.54) is 0 Å². The lowest BCUT2D eigenvalue weighted by Crippen LogP contribution is -2.61. The first kappa shape index (κ1) is 14.6. The van der Waals surface area contributed by atoms with Gasteiger partial charge in [0, 0.05) is 38.3 Å². The van der Waals surface area contributed by atoms with Gasteiger partial charge in [0.05, 0.1) is 0 Å². The van der Waals surface area contributed by atoms with Gasteiger partial charge in [0.25, 0.3) is 0 Å². The van der Waals surface area contributed by atoms with Crippen LogP contribution in [-0.4, -0.2) is 78.8 Å². The van der Waals surface area contributed by atoms with Gasteiger partial charge < -0.3 is 14.5 Å². The summed E-state index contributed by atoms with van der Waals surface area (Å²) in [5, 5.41) is 0. The van der Waals surface area contributed by atoms with Crippen LogP contribution in [0.5, 0.6) is 0 Å². The number of amides is 1. The average molecular weight is 269 g/mol. The van der Waals surface area contributed by atoms with E-state index in [4.69, 9.17) is 4.74 Å². The van der Waals surface area contributed by atoms with E-state index in [1.54, 1.807) is 0 Å². The molecule has 5 nitrogen and oxygen atoms in total. The molecule has 0 aliphatic carbocycles. The molecule has 2 fully saturated rings. The van der Waals surface area contributed by atoms with Crippen LogP contribution >= 0.6 is 0 Å². The molecular weight excluding hydrogens is 242 g/mol. The van der Waals surface area contributed by atoms with Crippen LogP contribution in [0.3, 0.4) is 0 Å². The van der Waals surface area contributed by atoms with Crippen molar-refractivity contribution in [3.63, 3.8) is 0 Å². The Hall–Kier alpha value is -0.810. The normalized spacial score (nSPS) is 25.8. The summed E-state index contributed by atoms with van der Waals surface area (Å²) >= 11 is 0. The number of carbonyl (C=O) groups excluding carboxylic acids is 1. The molecular formula is C14H27N3O2. The number of carbonyl (C=O) groups is 1. The summed E-state index contributed by atoms with van der Waals surface area (Å²) in [6, 6.07) is 1.19. The lowest BCUT2D eigenvalue weighted by atomic mass is 10.0. The third kappa shape index (κ3) is 3.60. The lowest BCUT2D eigenvalue weighted by molar-refractivity contribution is 0.0172. The predicted octanol–water partition coefficient (Wildman–Crippen LogP) is 1.24. The van der Waals surface area contributed by atoms with Gasteiger partial charge in [0.2, 0.25) is 0 Å². The summed E-state index contributed by atoms with van der Waals surface area (Å²) in [6.45, 7) is 9.62. The van der Waals surface area contributed by atoms with E-state index in [0.29, 0.717) is 12.1 Å². The van der Waals surface area contributed by atoms with Crippen molar-refractivity contribution < 1.29 is 9.53 Å². The van der Waals surface area contributed by atoms with Gasteiger partial charge in [-0.05, 0) is 41.3 Å². The highest BCUT2D eigenvalue weighted by Crippen LogP contribution is 2.24. The molecule has 2 aliphatic rings. The molecule has 2 rings (SSSR count). The highest BCUT2D eigenvalue weighted by molar-refractivity contribution is 5.68. The molecule has 1 atom stereocenters. The Labute approximate surface area is 116 Å². The number of likely N-dealkylation sites (tertiary alicyclic amines) is 2. The van der Waals surface area contributed by atoms with Crippen LogP contribution in [0.4, 0.5) is 4.79 Å². The van der Waals surface area contributed by atoms with Crippen LogP contribution in [0, 0.1) is 0 Å². The van der Waals surface area contributed by atoms with Crippen molar-refractivity contribution >= 4 is 6.09 Å². The zero-order chi connectivity index (χ0) is 14.2. The third-order valence-electron chi connectivity index (χ3n) is 3.95. The maximum absolute atomic E-state index is 12.0. The topological polar surface area (TPSA) is 36.0 Å². The zero-order valence-electron chi connectivity index (χ0n) is 12.8. The SMILES string of the molecule is CN(C)C1CN([C@H]2CCN(C(=O)OC(C)(C)C)C2)C1. The van der Waals surface area contributed by atoms with Gasteiger partial charge >= 0.3 is 6.09 Å². The highest BCUT2D eigenvalue weighted by atomic mass is 16.6. The van der Waals surface area contributed by atoms with Crippen LogP contribution in [-0.2, 0) is 4.74 Å². The van der Waals surface area contributed by atoms with Crippen LogP contribution in [0.2, 0.25) is 0 Å². The van der Waals surface area contributed by atoms with E-state index in [1.807, 2.05) is 25.7 Å². The molecule has 2 saturated heterocycles. The molecule has 2 aliphatic heterocycles. The molecule has 5 heteroatoms. The fourth-order valence-electron chi connectivity index (χ4n) is 2.64. The van der Waals surface area contributed by atoms with Crippen LogP contribution in [0.1, 0.15) is 27.2 Å². The largest absolute Gasteiger partial charge is 0.444 e. The molecule has 0 saturated carbocycles. The Morgan fingerprint density at radius 1 is 1.21 bits per heavy atom. The number of ether oxygens (including phenoxy) is 1. The number of hydrogen-bond acceptors (Lipinski definition) is 4. The molecule has 0 aromatic carbocycles. The van der Waals surface area contributed by atoms with Gasteiger partial charge in [-0.3, -0.25) is 4.90 Å². The monoisotopic (exact) mass is 269 g/mol. The van der Waals surface area contributed by atoms with E-state index in [0.717, 1.165) is 32.6 Å². The lowest BCUT2D eigenvalue weighted by Gasteiger charge is -2.46. The van der Waals surface area contributed by atoms with E-state index < -0.39 is 5.60 Å². The molecule has 0 unspecified atom stereocenters. The van der Waals surface area contributed by atoms with E-state index in [2.05, 4.69) is 23.9 Å². The minimum absolute atomic E-state index is 0.167. The van der Waals surface area contributed by atoms with Crippen molar-refractivity contribution in [2.24, 2.45) is 0 Å². The zero-order valence-corrected chi connectivity index (χ0v) is 12.8. The molecule has 0 aromatic rings. The van der Waals surface area contributed by atoms with Crippen molar-refractivity contribution in [2.45, 2.75) is 44.9 Å². The molecule has 2 heterocycles. The minimum atomic E-state index is -0.401. The maximum atomic E-state index is 12.0. The summed E-state index contributed by atoms with van der Waals surface area (Å²) in [5.74, 6) is 0. The molecule has 1 amide bonds. The molecule has 0 aromatic heterocycles. The maximum Gasteiger partial charge on any atom is 0.410 e. The molecule has 110 valence electrons. The predicted molar refractivity (Wildman–Crippen MR) is 75.3 cm³/mol. The standard InChI is InChI=1S/C14H27N3O2/c1-14(2,3)19-13(18)16-7-6-11(8-16)17-9-12(10-17)15(4)5/h11-12H,6-10H2,1-5H3/t11-/m0/s1. The number of nitrogens with zero attached hydrogens (tertiary/aromatic N) is 3. The quantitative estimate of drug-likeness (QED) is 0.756. The molecule has 0 radical (unpaired) electrons. The number of rotatable bonds is 2. The van der Waals surface area contributed by atoms with Gasteiger partial charge in [-0.15, -0.1) is 0 Å². The summed E-state index contributed by atoms with van der Waals surface area (Å²) in [4.78, 5) is 18.6. The highest BCUT2D eigenvalue weighted by Gasteiger charge is 2.38. The minimum Gasteiger partial charge on any atom is -0.444 e. The number of likely N-dealkylation sites (N-methyl/N-ethyl adjacent to an activating group) is 1. The Morgan fingerprint density at radius 2 is 1.84 bits per heavy atom. The smallest absolute Gasteiger partial charge is 0.410 e. The van der Waals surface area contributed by atoms with Crippen LogP contribution in [0.25, 0.3) is 0 Å². The fourth-order valence-corrected chi connectivity index (χ4v) is 2.64. The van der Waals surface area contributed by atoms with Crippen molar-refractivity contribution in [1.29, 1.82) is 0 Å². The van der Waals surface area contributed by atoms with Gasteiger partial charge in [-0.2, -0.15) is 0 Å². The Balaban J connectivity index is 1.77. The second kappa shape index (κ2) is 5.29. The summed E-state index contributed by atoms with van der Waals surface area (Å²) in [7, 11) is 4.26. The Bertz CT molecular complexity index is 332. The van der Waals surface area contributed by atoms with E-state index in [-0.39, 0.29) is 6.09 Å². The summed E-state index contributed by atoms with van der Waals surface area (Å²) < 4.78 is 5.42. The first-order chi connectivity index (χ1) is 8.76. The molecule has 0 N–H and O–H groups in total. The second-order valence-corrected chi connectivity index (χ2v) is 6.94. The second-order valence-electron chi connectivity index (χ2n) is 6.94. The van der Waals surface area contributed by atoms with Gasteiger partial charge in [-0.25, -0.2) is 4.79 Å². The van der Waals surface area contributed by atoms with Crippen molar-refractivity contribution in [3.8, 4) is 0 Å². The Kier molecular flexibility index (Phi) is 4.06. The van der Waals surface area contributed by atoms with Crippen LogP contribution in [0.15, 0.2) is 0 Å². The first-order valence-electron chi connectivity index (χ1n) is 7.14. The van der Waals surface area contributed by atoms with Crippen molar-refractivity contribution in [3.05, 3.63) is 0 Å². The van der Waals surface area contributed by atoms with Gasteiger partial charge in [0.1, 0.15) is 5.60 Å². The fraction of sp³-hybridized carbons (Fsp3) is 0.929. The summed E-state index contributed by atoms with van der Waals surface area (Å²) in [6.07, 6.45) is 0.902. The molecule has 0 spiro atoms. The average Bonchev–Trinajstić information content (AvgIpc) is 2.60. The number of hydrogen-bond donors (Lipinski definition) is 0. The third-order valence-corrected chi connectivity index (χ3v) is 3.95. The molecule has 19 heavy (non-hydrogen) atoms. The van der Waals surface area contributed by atoms with Crippen molar-refractivity contribution in [1.82, 2.24) is 14.7 Å². The Morgan fingerprint density at radius 3 is 2.37 bits per heavy atom. The van der Waals surface area contributed by atoms with Crippen molar-refractivity contribution in [2.75, 3.05) is 40.3 Å². The van der Waals surface area contributed by atoms with Crippen LogP contribution < -0.4 is 0 Å². The van der Waals surface area contributed by atoms with E-state index >= 15 is 0 Å². The molecule has 0 bridgehead atoms. The van der Waals surface area contributed by atoms with Gasteiger partial charge in [0.15, 0.2) is 0 Å².